The van der Waals surface area contributed by atoms with E-state index < -0.39 is 11.9 Å². The molecule has 5 heteroatoms. The summed E-state index contributed by atoms with van der Waals surface area (Å²) in [5, 5.41) is 21.1. The van der Waals surface area contributed by atoms with Gasteiger partial charge in [-0.3, -0.25) is 0 Å². The number of hydrogen-bond acceptors (Lipinski definition) is 4. The second-order valence-corrected chi connectivity index (χ2v) is 8.24. The minimum atomic E-state index is -1.12. The fourth-order valence-corrected chi connectivity index (χ4v) is 2.23. The third-order valence-electron chi connectivity index (χ3n) is 3.93. The van der Waals surface area contributed by atoms with Gasteiger partial charge in [0.1, 0.15) is 0 Å². The van der Waals surface area contributed by atoms with Gasteiger partial charge < -0.3 is 19.8 Å². The predicted octanol–water partition coefficient (Wildman–Crippen LogP) is 2.69. The van der Waals surface area contributed by atoms with Crippen molar-refractivity contribution in [2.45, 2.75) is 52.4 Å². The van der Waals surface area contributed by atoms with Crippen molar-refractivity contribution >= 4 is 11.9 Å². The van der Waals surface area contributed by atoms with Gasteiger partial charge in [0, 0.05) is 0 Å². The summed E-state index contributed by atoms with van der Waals surface area (Å²) in [6.07, 6.45) is 0. The first-order chi connectivity index (χ1) is 11.8. The van der Waals surface area contributed by atoms with Gasteiger partial charge in [-0.1, -0.05) is 77.9 Å². The van der Waals surface area contributed by atoms with E-state index in [0.29, 0.717) is 0 Å². The Bertz CT molecular complexity index is 716. The SMILES string of the molecule is CC(C)(C)c1cccc(C(=O)[O-])c1.CC(C)(C)c1cccc(C(=O)[O-])c1.[Zn+2]. The van der Waals surface area contributed by atoms with E-state index in [0.717, 1.165) is 11.1 Å². The van der Waals surface area contributed by atoms with Crippen LogP contribution in [-0.2, 0) is 30.3 Å². The maximum absolute atomic E-state index is 10.6. The van der Waals surface area contributed by atoms with E-state index in [1.165, 1.54) is 0 Å². The van der Waals surface area contributed by atoms with Gasteiger partial charge in [-0.25, -0.2) is 0 Å². The van der Waals surface area contributed by atoms with Crippen LogP contribution in [0.25, 0.3) is 0 Å². The largest absolute Gasteiger partial charge is 2.00 e. The van der Waals surface area contributed by atoms with Gasteiger partial charge in [-0.15, -0.1) is 0 Å². The van der Waals surface area contributed by atoms with Crippen molar-refractivity contribution < 1.29 is 39.3 Å². The Hall–Kier alpha value is -2.00. The van der Waals surface area contributed by atoms with Gasteiger partial charge >= 0.3 is 19.5 Å². The summed E-state index contributed by atoms with van der Waals surface area (Å²) in [5.74, 6) is -2.24. The van der Waals surface area contributed by atoms with Crippen molar-refractivity contribution in [2.24, 2.45) is 0 Å². The maximum Gasteiger partial charge on any atom is 2.00 e. The first-order valence-corrected chi connectivity index (χ1v) is 8.46. The van der Waals surface area contributed by atoms with Gasteiger partial charge in [0.25, 0.3) is 0 Å². The normalized spacial score (nSPS) is 10.9. The minimum Gasteiger partial charge on any atom is -0.545 e. The van der Waals surface area contributed by atoms with Gasteiger partial charge in [0.05, 0.1) is 11.9 Å². The number of carbonyl (C=O) groups excluding carboxylic acids is 2. The molecular weight excluding hydrogens is 394 g/mol. The average Bonchev–Trinajstić information content (AvgIpc) is 2.54. The third-order valence-corrected chi connectivity index (χ3v) is 3.93. The van der Waals surface area contributed by atoms with Crippen LogP contribution in [0.3, 0.4) is 0 Å². The Kier molecular flexibility index (Phi) is 9.07. The molecule has 0 fully saturated rings. The summed E-state index contributed by atoms with van der Waals surface area (Å²) in [6.45, 7) is 12.3. The molecule has 0 spiro atoms. The summed E-state index contributed by atoms with van der Waals surface area (Å²) in [7, 11) is 0. The molecule has 0 aliphatic rings. The summed E-state index contributed by atoms with van der Waals surface area (Å²) in [6, 6.07) is 13.7. The Morgan fingerprint density at radius 3 is 1.19 bits per heavy atom. The molecule has 0 radical (unpaired) electrons. The Balaban J connectivity index is 0.000000483. The molecule has 0 saturated carbocycles. The number of rotatable bonds is 2. The zero-order valence-electron chi connectivity index (χ0n) is 17.0. The number of hydrogen-bond donors (Lipinski definition) is 0. The van der Waals surface area contributed by atoms with Crippen LogP contribution >= 0.6 is 0 Å². The maximum atomic E-state index is 10.6. The van der Waals surface area contributed by atoms with E-state index in [9.17, 15) is 19.8 Å². The Morgan fingerprint density at radius 2 is 0.963 bits per heavy atom. The van der Waals surface area contributed by atoms with E-state index in [4.69, 9.17) is 0 Å². The third kappa shape index (κ3) is 8.05. The van der Waals surface area contributed by atoms with Crippen molar-refractivity contribution in [3.05, 3.63) is 70.8 Å². The van der Waals surface area contributed by atoms with Gasteiger partial charge in [-0.05, 0) is 45.2 Å². The van der Waals surface area contributed by atoms with Crippen molar-refractivity contribution in [1.29, 1.82) is 0 Å². The summed E-state index contributed by atoms with van der Waals surface area (Å²) < 4.78 is 0. The van der Waals surface area contributed by atoms with E-state index in [1.807, 2.05) is 53.7 Å². The summed E-state index contributed by atoms with van der Waals surface area (Å²) in [5.41, 5.74) is 2.46. The average molecular weight is 420 g/mol. The van der Waals surface area contributed by atoms with Crippen molar-refractivity contribution in [2.75, 3.05) is 0 Å². The fraction of sp³-hybridized carbons (Fsp3) is 0.364. The van der Waals surface area contributed by atoms with E-state index in [-0.39, 0.29) is 41.4 Å². The van der Waals surface area contributed by atoms with Crippen molar-refractivity contribution in [3.63, 3.8) is 0 Å². The van der Waals surface area contributed by atoms with E-state index in [2.05, 4.69) is 0 Å². The van der Waals surface area contributed by atoms with Crippen LogP contribution in [-0.4, -0.2) is 11.9 Å². The second-order valence-electron chi connectivity index (χ2n) is 8.24. The molecule has 2 aromatic rings. The minimum absolute atomic E-state index is 0. The van der Waals surface area contributed by atoms with Crippen molar-refractivity contribution in [3.8, 4) is 0 Å². The number of carboxylic acids is 2. The molecule has 27 heavy (non-hydrogen) atoms. The van der Waals surface area contributed by atoms with Crippen LogP contribution in [0.15, 0.2) is 48.5 Å². The topological polar surface area (TPSA) is 80.3 Å². The molecule has 0 aliphatic heterocycles. The number of carboxylic acid groups (broad SMARTS) is 2. The van der Waals surface area contributed by atoms with Gasteiger partial charge in [0.2, 0.25) is 0 Å². The Morgan fingerprint density at radius 1 is 0.667 bits per heavy atom. The monoisotopic (exact) mass is 418 g/mol. The molecule has 2 aromatic carbocycles. The molecule has 0 aromatic heterocycles. The van der Waals surface area contributed by atoms with Crippen LogP contribution in [0.1, 0.15) is 73.4 Å². The molecule has 0 N–H and O–H groups in total. The molecule has 0 heterocycles. The molecule has 2 rings (SSSR count). The van der Waals surface area contributed by atoms with Gasteiger partial charge in [-0.2, -0.15) is 0 Å². The molecule has 140 valence electrons. The first-order valence-electron chi connectivity index (χ1n) is 8.46. The predicted molar refractivity (Wildman–Crippen MR) is 98.9 cm³/mol. The van der Waals surface area contributed by atoms with Crippen LogP contribution in [0, 0.1) is 0 Å². The van der Waals surface area contributed by atoms with Gasteiger partial charge in [0.15, 0.2) is 0 Å². The smallest absolute Gasteiger partial charge is 0.545 e. The molecule has 0 atom stereocenters. The van der Waals surface area contributed by atoms with Crippen LogP contribution in [0.5, 0.6) is 0 Å². The van der Waals surface area contributed by atoms with Crippen LogP contribution < -0.4 is 10.2 Å². The molecular formula is C22H26O4Zn. The molecule has 0 aliphatic carbocycles. The zero-order valence-corrected chi connectivity index (χ0v) is 19.9. The number of aromatic carboxylic acids is 2. The quantitative estimate of drug-likeness (QED) is 0.701. The van der Waals surface area contributed by atoms with Crippen molar-refractivity contribution in [1.82, 2.24) is 0 Å². The zero-order chi connectivity index (χ0) is 20.1. The molecule has 0 bridgehead atoms. The molecule has 4 nitrogen and oxygen atoms in total. The second kappa shape index (κ2) is 9.80. The fourth-order valence-electron chi connectivity index (χ4n) is 2.23. The Labute approximate surface area is 174 Å². The first kappa shape index (κ1) is 25.0. The van der Waals surface area contributed by atoms with E-state index >= 15 is 0 Å². The summed E-state index contributed by atoms with van der Waals surface area (Å²) in [4.78, 5) is 21.1. The molecule has 0 unspecified atom stereocenters. The molecule has 0 amide bonds. The molecule has 0 saturated heterocycles. The van der Waals surface area contributed by atoms with Crippen LogP contribution in [0.2, 0.25) is 0 Å². The van der Waals surface area contributed by atoms with E-state index in [1.54, 1.807) is 36.4 Å². The van der Waals surface area contributed by atoms with Crippen LogP contribution in [0.4, 0.5) is 0 Å². The number of benzene rings is 2. The number of carbonyl (C=O) groups is 2. The summed E-state index contributed by atoms with van der Waals surface area (Å²) >= 11 is 0. The standard InChI is InChI=1S/2C11H14O2.Zn/c2*1-11(2,3)9-6-4-5-8(7-9)10(12)13;/h2*4-7H,1-3H3,(H,12,13);/q;;+2/p-2.